The summed E-state index contributed by atoms with van der Waals surface area (Å²) in [7, 11) is 0. The van der Waals surface area contributed by atoms with Crippen LogP contribution in [0.15, 0.2) is 54.7 Å². The number of hydrogen-bond donors (Lipinski definition) is 0. The molecule has 0 unspecified atom stereocenters. The van der Waals surface area contributed by atoms with E-state index in [-0.39, 0.29) is 14.7 Å². The Kier molecular flexibility index (Phi) is 3.76. The molecule has 2 aromatic carbocycles. The molecule has 0 N–H and O–H groups in total. The van der Waals surface area contributed by atoms with Gasteiger partial charge in [0.1, 0.15) is 0 Å². The molecule has 0 amide bonds. The third kappa shape index (κ3) is 2.77. The van der Waals surface area contributed by atoms with Gasteiger partial charge < -0.3 is 0 Å². The predicted octanol–water partition coefficient (Wildman–Crippen LogP) is 4.78. The SMILES string of the molecule is Clc1ccc(-c2cn[se]c2-c2ccc(Cl)cc2)cc1. The van der Waals surface area contributed by atoms with Gasteiger partial charge in [0, 0.05) is 0 Å². The van der Waals surface area contributed by atoms with Gasteiger partial charge in [-0.15, -0.1) is 0 Å². The summed E-state index contributed by atoms with van der Waals surface area (Å²) in [4.78, 5) is 0. The van der Waals surface area contributed by atoms with Crippen LogP contribution in [0.25, 0.3) is 21.1 Å². The fourth-order valence-electron chi connectivity index (χ4n) is 1.88. The summed E-state index contributed by atoms with van der Waals surface area (Å²) in [5, 5.41) is 1.50. The summed E-state index contributed by atoms with van der Waals surface area (Å²) in [6.07, 6.45) is 1.95. The summed E-state index contributed by atoms with van der Waals surface area (Å²) < 4.78 is 5.73. The first-order valence-corrected chi connectivity index (χ1v) is 8.08. The second-order valence-corrected chi connectivity index (χ2v) is 6.64. The Labute approximate surface area is 127 Å². The van der Waals surface area contributed by atoms with Crippen LogP contribution in [0.4, 0.5) is 0 Å². The van der Waals surface area contributed by atoms with Crippen LogP contribution in [0.2, 0.25) is 10.0 Å². The van der Waals surface area contributed by atoms with Gasteiger partial charge in [-0.25, -0.2) is 0 Å². The van der Waals surface area contributed by atoms with Crippen molar-refractivity contribution in [3.63, 3.8) is 0 Å². The van der Waals surface area contributed by atoms with Crippen molar-refractivity contribution in [3.05, 3.63) is 64.8 Å². The van der Waals surface area contributed by atoms with E-state index in [0.717, 1.165) is 15.6 Å². The summed E-state index contributed by atoms with van der Waals surface area (Å²) in [5.41, 5.74) is 3.52. The van der Waals surface area contributed by atoms with E-state index >= 15 is 0 Å². The van der Waals surface area contributed by atoms with Crippen LogP contribution < -0.4 is 0 Å². The Morgan fingerprint density at radius 2 is 1.26 bits per heavy atom. The Hall–Kier alpha value is -1.05. The zero-order valence-corrected chi connectivity index (χ0v) is 13.0. The van der Waals surface area contributed by atoms with Gasteiger partial charge in [-0.2, -0.15) is 0 Å². The molecule has 19 heavy (non-hydrogen) atoms. The van der Waals surface area contributed by atoms with E-state index in [4.69, 9.17) is 23.2 Å². The molecule has 1 heterocycles. The van der Waals surface area contributed by atoms with Crippen LogP contribution >= 0.6 is 23.2 Å². The van der Waals surface area contributed by atoms with Crippen LogP contribution in [0.3, 0.4) is 0 Å². The molecule has 0 spiro atoms. The maximum absolute atomic E-state index is 5.93. The van der Waals surface area contributed by atoms with Crippen LogP contribution in [0.1, 0.15) is 0 Å². The minimum atomic E-state index is 0.128. The molecule has 0 atom stereocenters. The number of nitrogens with zero attached hydrogens (tertiary/aromatic N) is 1. The quantitative estimate of drug-likeness (QED) is 0.605. The molecule has 3 rings (SSSR count). The minimum absolute atomic E-state index is 0.128. The van der Waals surface area contributed by atoms with Crippen molar-refractivity contribution in [2.24, 2.45) is 0 Å². The Bertz CT molecular complexity index is 627. The number of rotatable bonds is 2. The molecule has 0 aliphatic rings. The number of hydrogen-bond acceptors (Lipinski definition) is 1. The molecule has 0 aliphatic carbocycles. The fourth-order valence-corrected chi connectivity index (χ4v) is 3.76. The predicted molar refractivity (Wildman–Crippen MR) is 82.1 cm³/mol. The molecular formula is C15H9Cl2NSe. The van der Waals surface area contributed by atoms with Gasteiger partial charge in [-0.1, -0.05) is 0 Å². The second-order valence-electron chi connectivity index (χ2n) is 4.08. The van der Waals surface area contributed by atoms with E-state index in [1.165, 1.54) is 15.6 Å². The topological polar surface area (TPSA) is 12.9 Å². The fraction of sp³-hybridized carbons (Fsp3) is 0. The monoisotopic (exact) mass is 353 g/mol. The van der Waals surface area contributed by atoms with Crippen molar-refractivity contribution in [1.29, 1.82) is 0 Å². The van der Waals surface area contributed by atoms with E-state index in [1.807, 2.05) is 54.7 Å². The molecule has 0 bridgehead atoms. The van der Waals surface area contributed by atoms with Crippen LogP contribution in [-0.2, 0) is 0 Å². The van der Waals surface area contributed by atoms with Crippen molar-refractivity contribution in [1.82, 2.24) is 3.98 Å². The molecule has 94 valence electrons. The number of benzene rings is 2. The third-order valence-electron chi connectivity index (χ3n) is 2.83. The van der Waals surface area contributed by atoms with Gasteiger partial charge in [-0.05, 0) is 0 Å². The standard InChI is InChI=1S/C15H9Cl2NSe/c16-12-5-1-10(2-6-12)14-9-18-19-15(14)11-3-7-13(17)8-4-11/h1-9H. The molecule has 1 nitrogen and oxygen atoms in total. The van der Waals surface area contributed by atoms with Crippen LogP contribution in [-0.4, -0.2) is 18.7 Å². The maximum atomic E-state index is 5.93. The Morgan fingerprint density at radius 3 is 1.84 bits per heavy atom. The number of aromatic nitrogens is 1. The zero-order chi connectivity index (χ0) is 13.2. The molecule has 0 saturated heterocycles. The first-order valence-electron chi connectivity index (χ1n) is 5.70. The molecule has 0 radical (unpaired) electrons. The van der Waals surface area contributed by atoms with E-state index in [9.17, 15) is 0 Å². The Morgan fingerprint density at radius 1 is 0.737 bits per heavy atom. The molecule has 0 aliphatic heterocycles. The van der Waals surface area contributed by atoms with Crippen molar-refractivity contribution in [2.75, 3.05) is 0 Å². The summed E-state index contributed by atoms with van der Waals surface area (Å²) in [6, 6.07) is 15.8. The average Bonchev–Trinajstić information content (AvgIpc) is 2.90. The first kappa shape index (κ1) is 13.0. The van der Waals surface area contributed by atoms with Gasteiger partial charge in [0.2, 0.25) is 0 Å². The van der Waals surface area contributed by atoms with Gasteiger partial charge in [0.05, 0.1) is 0 Å². The second kappa shape index (κ2) is 5.52. The summed E-state index contributed by atoms with van der Waals surface area (Å²) in [6.45, 7) is 0. The van der Waals surface area contributed by atoms with Crippen LogP contribution in [0, 0.1) is 0 Å². The third-order valence-corrected chi connectivity index (χ3v) is 5.12. The first-order chi connectivity index (χ1) is 9.24. The van der Waals surface area contributed by atoms with Gasteiger partial charge in [-0.3, -0.25) is 0 Å². The van der Waals surface area contributed by atoms with Crippen molar-refractivity contribution in [2.45, 2.75) is 0 Å². The van der Waals surface area contributed by atoms with E-state index in [0.29, 0.717) is 0 Å². The van der Waals surface area contributed by atoms with Gasteiger partial charge >= 0.3 is 128 Å². The van der Waals surface area contributed by atoms with Crippen LogP contribution in [0.5, 0.6) is 0 Å². The van der Waals surface area contributed by atoms with Gasteiger partial charge in [0.15, 0.2) is 0 Å². The van der Waals surface area contributed by atoms with E-state index in [2.05, 4.69) is 3.98 Å². The molecule has 1 aromatic heterocycles. The molecule has 4 heteroatoms. The normalized spacial score (nSPS) is 10.6. The van der Waals surface area contributed by atoms with E-state index < -0.39 is 0 Å². The molecule has 0 fully saturated rings. The van der Waals surface area contributed by atoms with Crippen molar-refractivity contribution in [3.8, 4) is 21.1 Å². The number of halogens is 2. The molecular weight excluding hydrogens is 344 g/mol. The molecule has 0 saturated carbocycles. The van der Waals surface area contributed by atoms with Crippen molar-refractivity contribution < 1.29 is 0 Å². The zero-order valence-electron chi connectivity index (χ0n) is 9.81. The Balaban J connectivity index is 2.07. The molecule has 3 aromatic rings. The summed E-state index contributed by atoms with van der Waals surface area (Å²) in [5.74, 6) is 0. The van der Waals surface area contributed by atoms with Gasteiger partial charge in [0.25, 0.3) is 0 Å². The van der Waals surface area contributed by atoms with E-state index in [1.54, 1.807) is 0 Å². The summed E-state index contributed by atoms with van der Waals surface area (Å²) >= 11 is 12.0. The van der Waals surface area contributed by atoms with Crippen molar-refractivity contribution >= 4 is 37.9 Å². The average molecular weight is 353 g/mol.